The number of anilines is 2. The number of benzene rings is 1. The van der Waals surface area contributed by atoms with Crippen LogP contribution in [0.15, 0.2) is 29.3 Å². The Labute approximate surface area is 93.2 Å². The summed E-state index contributed by atoms with van der Waals surface area (Å²) in [5.41, 5.74) is 3.82. The molecule has 3 N–H and O–H groups in total. The molecule has 16 heavy (non-hydrogen) atoms. The third-order valence-electron chi connectivity index (χ3n) is 2.17. The molecule has 6 heteroatoms. The summed E-state index contributed by atoms with van der Waals surface area (Å²) in [6.07, 6.45) is 0.577. The summed E-state index contributed by atoms with van der Waals surface area (Å²) in [4.78, 5) is 4.11. The minimum atomic E-state index is 0.0917. The molecule has 2 rings (SSSR count). The molecule has 6 nitrogen and oxygen atoms in total. The Bertz CT molecular complexity index is 394. The lowest BCUT2D eigenvalue weighted by Crippen LogP contribution is -2.46. The molecule has 1 aromatic carbocycles. The predicted molar refractivity (Wildman–Crippen MR) is 63.1 cm³/mol. The van der Waals surface area contributed by atoms with Crippen LogP contribution in [0.3, 0.4) is 0 Å². The fraction of sp³-hybridized carbons (Fsp3) is 0.300. The first-order valence-corrected chi connectivity index (χ1v) is 5.06. The second kappa shape index (κ2) is 4.82. The van der Waals surface area contributed by atoms with Gasteiger partial charge in [-0.2, -0.15) is 0 Å². The summed E-state index contributed by atoms with van der Waals surface area (Å²) >= 11 is 0. The lowest BCUT2D eigenvalue weighted by molar-refractivity contribution is 0.291. The predicted octanol–water partition coefficient (Wildman–Crippen LogP) is 0.659. The van der Waals surface area contributed by atoms with E-state index in [0.29, 0.717) is 29.8 Å². The Morgan fingerprint density at radius 2 is 2.19 bits per heavy atom. The molecule has 1 heterocycles. The average Bonchev–Trinajstić information content (AvgIpc) is 2.30. The highest BCUT2D eigenvalue weighted by Crippen LogP contribution is 2.26. The minimum Gasteiger partial charge on any atom is -0.739 e. The van der Waals surface area contributed by atoms with Crippen molar-refractivity contribution < 1.29 is 5.11 Å². The fourth-order valence-corrected chi connectivity index (χ4v) is 1.40. The first-order chi connectivity index (χ1) is 7.81. The average molecular weight is 221 g/mol. The second-order valence-electron chi connectivity index (χ2n) is 3.36. The molecular weight excluding hydrogens is 208 g/mol. The maximum atomic E-state index is 11.6. The zero-order valence-electron chi connectivity index (χ0n) is 8.68. The van der Waals surface area contributed by atoms with Crippen molar-refractivity contribution in [3.8, 4) is 0 Å². The van der Waals surface area contributed by atoms with Crippen LogP contribution >= 0.6 is 0 Å². The van der Waals surface area contributed by atoms with Crippen molar-refractivity contribution in [2.75, 3.05) is 23.6 Å². The van der Waals surface area contributed by atoms with E-state index in [-0.39, 0.29) is 6.61 Å². The highest BCUT2D eigenvalue weighted by molar-refractivity contribution is 6.00. The van der Waals surface area contributed by atoms with Crippen LogP contribution in [0.5, 0.6) is 0 Å². The molecular formula is C10H13N4O2-. The summed E-state index contributed by atoms with van der Waals surface area (Å²) in [6.45, 7) is 0.566. The van der Waals surface area contributed by atoms with Crippen molar-refractivity contribution in [3.63, 3.8) is 0 Å². The molecule has 0 saturated carbocycles. The van der Waals surface area contributed by atoms with E-state index in [2.05, 4.69) is 15.7 Å². The van der Waals surface area contributed by atoms with E-state index in [0.717, 1.165) is 5.69 Å². The number of hydrazine groups is 1. The smallest absolute Gasteiger partial charge is 0.214 e. The maximum Gasteiger partial charge on any atom is 0.214 e. The largest absolute Gasteiger partial charge is 0.739 e. The van der Waals surface area contributed by atoms with Crippen molar-refractivity contribution in [2.24, 2.45) is 4.99 Å². The molecule has 0 bridgehead atoms. The van der Waals surface area contributed by atoms with Gasteiger partial charge in [0, 0.05) is 13.2 Å². The van der Waals surface area contributed by atoms with Crippen LogP contribution in [0, 0.1) is 5.21 Å². The third kappa shape index (κ3) is 2.23. The van der Waals surface area contributed by atoms with E-state index in [4.69, 9.17) is 5.11 Å². The zero-order chi connectivity index (χ0) is 11.4. The molecule has 0 radical (unpaired) electrons. The molecule has 0 aromatic heterocycles. The van der Waals surface area contributed by atoms with Crippen LogP contribution in [0.2, 0.25) is 0 Å². The maximum absolute atomic E-state index is 11.6. The fourth-order valence-electron chi connectivity index (χ4n) is 1.40. The van der Waals surface area contributed by atoms with Crippen molar-refractivity contribution in [1.82, 2.24) is 5.43 Å². The number of aliphatic hydroxyl groups is 1. The van der Waals surface area contributed by atoms with Gasteiger partial charge in [0.1, 0.15) is 0 Å². The first kappa shape index (κ1) is 10.7. The molecule has 86 valence electrons. The van der Waals surface area contributed by atoms with Gasteiger partial charge in [-0.3, -0.25) is 10.4 Å². The molecule has 0 aliphatic carbocycles. The van der Waals surface area contributed by atoms with Gasteiger partial charge in [0.05, 0.1) is 11.4 Å². The van der Waals surface area contributed by atoms with Gasteiger partial charge in [0.15, 0.2) is 0 Å². The summed E-state index contributed by atoms with van der Waals surface area (Å²) in [5.74, 6) is 0.405. The summed E-state index contributed by atoms with van der Waals surface area (Å²) in [7, 11) is 0. The molecule has 0 fully saturated rings. The number of fused-ring (bicyclic) bond motifs is 1. The monoisotopic (exact) mass is 221 g/mol. The van der Waals surface area contributed by atoms with Crippen molar-refractivity contribution in [1.29, 1.82) is 0 Å². The first-order valence-electron chi connectivity index (χ1n) is 5.06. The van der Waals surface area contributed by atoms with Gasteiger partial charge in [0.25, 0.3) is 0 Å². The lowest BCUT2D eigenvalue weighted by Gasteiger charge is -2.38. The number of aliphatic hydroxyl groups excluding tert-OH is 1. The Morgan fingerprint density at radius 1 is 1.38 bits per heavy atom. The van der Waals surface area contributed by atoms with Gasteiger partial charge in [-0.15, -0.1) is 0 Å². The van der Waals surface area contributed by atoms with Crippen LogP contribution in [0.4, 0.5) is 11.4 Å². The summed E-state index contributed by atoms with van der Waals surface area (Å²) in [5, 5.41) is 23.9. The number of guanidine groups is 1. The molecule has 0 atom stereocenters. The highest BCUT2D eigenvalue weighted by Gasteiger charge is 2.12. The molecule has 0 amide bonds. The number of nitrogens with zero attached hydrogens (tertiary/aromatic N) is 2. The van der Waals surface area contributed by atoms with Gasteiger partial charge in [-0.25, -0.2) is 0 Å². The van der Waals surface area contributed by atoms with E-state index in [1.165, 1.54) is 0 Å². The topological polar surface area (TPSA) is 83.0 Å². The number of rotatable bonds is 3. The normalized spacial score (nSPS) is 16.6. The standard InChI is InChI=1S/C10H13N4O2/c15-7-3-6-11-10-12-8-4-1-2-5-9(8)14(16)13-10/h1-2,4-5,15H,3,6-7H2,(H2,11,12,13)/q-1. The highest BCUT2D eigenvalue weighted by atomic mass is 16.5. The molecule has 0 saturated heterocycles. The van der Waals surface area contributed by atoms with Gasteiger partial charge < -0.3 is 20.8 Å². The van der Waals surface area contributed by atoms with Crippen LogP contribution in [0.25, 0.3) is 0 Å². The quantitative estimate of drug-likeness (QED) is 0.653. The molecule has 1 aromatic rings. The number of hydrogen-bond donors (Lipinski definition) is 3. The Hall–Kier alpha value is -1.79. The van der Waals surface area contributed by atoms with Crippen LogP contribution in [0.1, 0.15) is 6.42 Å². The number of aliphatic imine (C=N–C) groups is 1. The van der Waals surface area contributed by atoms with Gasteiger partial charge >= 0.3 is 0 Å². The van der Waals surface area contributed by atoms with Gasteiger partial charge in [0.2, 0.25) is 5.96 Å². The Morgan fingerprint density at radius 3 is 3.00 bits per heavy atom. The zero-order valence-corrected chi connectivity index (χ0v) is 8.68. The van der Waals surface area contributed by atoms with Crippen molar-refractivity contribution in [2.45, 2.75) is 6.42 Å². The number of nitrogens with one attached hydrogen (secondary N) is 2. The summed E-state index contributed by atoms with van der Waals surface area (Å²) in [6, 6.07) is 7.16. The van der Waals surface area contributed by atoms with Crippen LogP contribution in [-0.2, 0) is 0 Å². The van der Waals surface area contributed by atoms with Crippen molar-refractivity contribution in [3.05, 3.63) is 29.5 Å². The molecule has 0 unspecified atom stereocenters. The van der Waals surface area contributed by atoms with E-state index in [1.54, 1.807) is 12.1 Å². The second-order valence-corrected chi connectivity index (χ2v) is 3.36. The van der Waals surface area contributed by atoms with Crippen molar-refractivity contribution >= 4 is 17.3 Å². The minimum absolute atomic E-state index is 0.0917. The van der Waals surface area contributed by atoms with E-state index in [9.17, 15) is 5.21 Å². The lowest BCUT2D eigenvalue weighted by atomic mass is 10.2. The molecule has 1 aliphatic rings. The van der Waals surface area contributed by atoms with E-state index in [1.807, 2.05) is 12.1 Å². The van der Waals surface area contributed by atoms with Gasteiger partial charge in [-0.1, -0.05) is 12.1 Å². The number of para-hydroxylation sites is 2. The van der Waals surface area contributed by atoms with E-state index < -0.39 is 0 Å². The van der Waals surface area contributed by atoms with Crippen LogP contribution in [-0.4, -0.2) is 24.2 Å². The molecule has 1 aliphatic heterocycles. The SMILES string of the molecule is [O-]N1NC(=NCCCO)Nc2ccccc21. The third-order valence-corrected chi connectivity index (χ3v) is 2.17. The summed E-state index contributed by atoms with van der Waals surface area (Å²) < 4.78 is 0. The number of hydrogen-bond acceptors (Lipinski definition) is 4. The Kier molecular flexibility index (Phi) is 3.23. The van der Waals surface area contributed by atoms with Gasteiger partial charge in [-0.05, 0) is 18.6 Å². The molecule has 0 spiro atoms. The van der Waals surface area contributed by atoms with E-state index >= 15 is 0 Å². The van der Waals surface area contributed by atoms with Crippen LogP contribution < -0.4 is 15.9 Å². The Balaban J connectivity index is 2.11.